The van der Waals surface area contributed by atoms with Crippen LogP contribution in [0.2, 0.25) is 0 Å². The van der Waals surface area contributed by atoms with Crippen LogP contribution in [0.3, 0.4) is 0 Å². The van der Waals surface area contributed by atoms with Crippen LogP contribution < -0.4 is 14.4 Å². The molecule has 1 saturated heterocycles. The molecule has 1 aromatic rings. The fourth-order valence-corrected chi connectivity index (χ4v) is 2.75. The third kappa shape index (κ3) is 5.14. The van der Waals surface area contributed by atoms with Crippen LogP contribution in [-0.4, -0.2) is 56.5 Å². The van der Waals surface area contributed by atoms with Gasteiger partial charge in [-0.15, -0.1) is 0 Å². The summed E-state index contributed by atoms with van der Waals surface area (Å²) in [5, 5.41) is 0. The molecule has 0 amide bonds. The van der Waals surface area contributed by atoms with E-state index in [0.29, 0.717) is 25.9 Å². The van der Waals surface area contributed by atoms with Gasteiger partial charge < -0.3 is 19.1 Å². The van der Waals surface area contributed by atoms with Gasteiger partial charge in [-0.3, -0.25) is 4.79 Å². The van der Waals surface area contributed by atoms with Crippen molar-refractivity contribution in [1.29, 1.82) is 0 Å². The van der Waals surface area contributed by atoms with Gasteiger partial charge in [-0.1, -0.05) is 0 Å². The van der Waals surface area contributed by atoms with Gasteiger partial charge in [-0.05, 0) is 19.8 Å². The van der Waals surface area contributed by atoms with E-state index in [4.69, 9.17) is 14.2 Å². The minimum Gasteiger partial charge on any atom is -0.483 e. The van der Waals surface area contributed by atoms with Crippen LogP contribution in [-0.2, 0) is 9.53 Å². The average molecular weight is 412 g/mol. The number of nitrogens with zero attached hydrogens (tertiary/aromatic N) is 2. The maximum atomic E-state index is 13.2. The molecule has 1 aliphatic rings. The lowest BCUT2D eigenvalue weighted by Gasteiger charge is -2.33. The summed E-state index contributed by atoms with van der Waals surface area (Å²) in [6.45, 7) is 0.838. The third-order valence-electron chi connectivity index (χ3n) is 4.31. The quantitative estimate of drug-likeness (QED) is 0.505. The first kappa shape index (κ1) is 22.0. The molecule has 0 radical (unpaired) electrons. The van der Waals surface area contributed by atoms with Crippen molar-refractivity contribution < 1.29 is 41.0 Å². The molecule has 158 valence electrons. The second-order valence-electron chi connectivity index (χ2n) is 6.20. The van der Waals surface area contributed by atoms with Crippen LogP contribution >= 0.6 is 0 Å². The number of alkyl halides is 5. The Morgan fingerprint density at radius 1 is 1.25 bits per heavy atom. The Balaban J connectivity index is 2.14. The molecule has 0 aliphatic carbocycles. The number of pyridine rings is 1. The van der Waals surface area contributed by atoms with Gasteiger partial charge in [0.15, 0.2) is 12.4 Å². The molecule has 0 atom stereocenters. The average Bonchev–Trinajstić information content (AvgIpc) is 2.65. The lowest BCUT2D eigenvalue weighted by atomic mass is 9.96. The van der Waals surface area contributed by atoms with Crippen molar-refractivity contribution in [3.05, 3.63) is 12.3 Å². The summed E-state index contributed by atoms with van der Waals surface area (Å²) in [5.41, 5.74) is 0.270. The Morgan fingerprint density at radius 3 is 2.43 bits per heavy atom. The first-order valence-corrected chi connectivity index (χ1v) is 8.62. The van der Waals surface area contributed by atoms with E-state index in [0.717, 1.165) is 6.20 Å². The lowest BCUT2D eigenvalue weighted by Crippen LogP contribution is -2.42. The summed E-state index contributed by atoms with van der Waals surface area (Å²) >= 11 is 0. The van der Waals surface area contributed by atoms with Gasteiger partial charge in [0.1, 0.15) is 0 Å². The molecular formula is C17H21F5N2O4. The Morgan fingerprint density at radius 2 is 1.89 bits per heavy atom. The summed E-state index contributed by atoms with van der Waals surface area (Å²) in [4.78, 5) is 17.4. The standard InChI is InChI=1S/C17H21F5N2O4/c1-3-27-15(25)11-4-6-24(7-5-11)12-8-14(26-2)23-9-13(12)28-10-16(18,19)17(20,21)22/h8-9,11H,3-7,10H2,1-2H3. The first-order valence-electron chi connectivity index (χ1n) is 8.62. The first-order chi connectivity index (χ1) is 13.1. The third-order valence-corrected chi connectivity index (χ3v) is 4.31. The Kier molecular flexibility index (Phi) is 6.89. The minimum atomic E-state index is -5.72. The number of methoxy groups -OCH3 is 1. The fourth-order valence-electron chi connectivity index (χ4n) is 2.75. The molecule has 6 nitrogen and oxygen atoms in total. The number of halogens is 5. The maximum absolute atomic E-state index is 13.2. The topological polar surface area (TPSA) is 60.9 Å². The van der Waals surface area contributed by atoms with Crippen LogP contribution in [0.1, 0.15) is 19.8 Å². The van der Waals surface area contributed by atoms with E-state index in [1.165, 1.54) is 13.2 Å². The summed E-state index contributed by atoms with van der Waals surface area (Å²) in [7, 11) is 1.34. The fraction of sp³-hybridized carbons (Fsp3) is 0.647. The molecule has 0 unspecified atom stereocenters. The minimum absolute atomic E-state index is 0.150. The number of carbonyl (C=O) groups excluding carboxylic acids is 1. The molecular weight excluding hydrogens is 391 g/mol. The molecule has 2 heterocycles. The highest BCUT2D eigenvalue weighted by Crippen LogP contribution is 2.38. The van der Waals surface area contributed by atoms with Gasteiger partial charge in [0.2, 0.25) is 5.88 Å². The molecule has 0 bridgehead atoms. The predicted octanol–water partition coefficient (Wildman–Crippen LogP) is 3.45. The normalized spacial score (nSPS) is 16.0. The number of aromatic nitrogens is 1. The van der Waals surface area contributed by atoms with Crippen molar-refractivity contribution in [2.45, 2.75) is 31.9 Å². The number of esters is 1. The zero-order valence-corrected chi connectivity index (χ0v) is 15.4. The number of hydrogen-bond donors (Lipinski definition) is 0. The van der Waals surface area contributed by atoms with Crippen molar-refractivity contribution >= 4 is 11.7 Å². The Bertz CT molecular complexity index is 676. The van der Waals surface area contributed by atoms with E-state index in [9.17, 15) is 26.7 Å². The number of anilines is 1. The Labute approximate surface area is 158 Å². The van der Waals surface area contributed by atoms with Crippen molar-refractivity contribution in [3.63, 3.8) is 0 Å². The smallest absolute Gasteiger partial charge is 0.456 e. The van der Waals surface area contributed by atoms with Crippen LogP contribution in [0.4, 0.5) is 27.6 Å². The highest BCUT2D eigenvalue weighted by Gasteiger charge is 2.58. The van der Waals surface area contributed by atoms with Gasteiger partial charge >= 0.3 is 18.1 Å². The summed E-state index contributed by atoms with van der Waals surface area (Å²) < 4.78 is 78.2. The van der Waals surface area contributed by atoms with Crippen molar-refractivity contribution in [3.8, 4) is 11.6 Å². The van der Waals surface area contributed by atoms with Crippen molar-refractivity contribution in [1.82, 2.24) is 4.98 Å². The summed E-state index contributed by atoms with van der Waals surface area (Å²) in [5.74, 6) is -5.67. The molecule has 28 heavy (non-hydrogen) atoms. The second-order valence-corrected chi connectivity index (χ2v) is 6.20. The van der Waals surface area contributed by atoms with Crippen LogP contribution in [0.5, 0.6) is 11.6 Å². The van der Waals surface area contributed by atoms with Crippen molar-refractivity contribution in [2.24, 2.45) is 5.92 Å². The number of hydrogen-bond acceptors (Lipinski definition) is 6. The van der Waals surface area contributed by atoms with E-state index in [2.05, 4.69) is 4.98 Å². The molecule has 2 rings (SSSR count). The predicted molar refractivity (Wildman–Crippen MR) is 88.9 cm³/mol. The Hall–Kier alpha value is -2.33. The van der Waals surface area contributed by atoms with E-state index in [-0.39, 0.29) is 35.8 Å². The maximum Gasteiger partial charge on any atom is 0.456 e. The number of piperidine rings is 1. The molecule has 1 aliphatic heterocycles. The molecule has 1 fully saturated rings. The van der Waals surface area contributed by atoms with E-state index >= 15 is 0 Å². The molecule has 0 N–H and O–H groups in total. The summed E-state index contributed by atoms with van der Waals surface area (Å²) in [6.07, 6.45) is -3.79. The van der Waals surface area contributed by atoms with E-state index in [1.807, 2.05) is 0 Å². The SMILES string of the molecule is CCOC(=O)C1CCN(c2cc(OC)ncc2OCC(F)(F)C(F)(F)F)CC1. The molecule has 0 aromatic carbocycles. The van der Waals surface area contributed by atoms with Gasteiger partial charge in [0, 0.05) is 19.2 Å². The molecule has 0 spiro atoms. The monoisotopic (exact) mass is 412 g/mol. The van der Waals surface area contributed by atoms with E-state index in [1.54, 1.807) is 11.8 Å². The van der Waals surface area contributed by atoms with Crippen LogP contribution in [0, 0.1) is 5.92 Å². The van der Waals surface area contributed by atoms with Gasteiger partial charge in [-0.25, -0.2) is 4.98 Å². The highest BCUT2D eigenvalue weighted by molar-refractivity contribution is 5.73. The van der Waals surface area contributed by atoms with Gasteiger partial charge in [-0.2, -0.15) is 22.0 Å². The lowest BCUT2D eigenvalue weighted by molar-refractivity contribution is -0.289. The summed E-state index contributed by atoms with van der Waals surface area (Å²) in [6, 6.07) is 1.39. The number of ether oxygens (including phenoxy) is 3. The van der Waals surface area contributed by atoms with Crippen LogP contribution in [0.25, 0.3) is 0 Å². The number of rotatable bonds is 7. The molecule has 1 aromatic heterocycles. The zero-order chi connectivity index (χ0) is 20.9. The zero-order valence-electron chi connectivity index (χ0n) is 15.4. The highest BCUT2D eigenvalue weighted by atomic mass is 19.4. The van der Waals surface area contributed by atoms with Crippen LogP contribution in [0.15, 0.2) is 12.3 Å². The van der Waals surface area contributed by atoms with E-state index < -0.39 is 18.7 Å². The second kappa shape index (κ2) is 8.78. The molecule has 0 saturated carbocycles. The van der Waals surface area contributed by atoms with Crippen molar-refractivity contribution in [2.75, 3.05) is 38.3 Å². The van der Waals surface area contributed by atoms with Gasteiger partial charge in [0.25, 0.3) is 0 Å². The number of carbonyl (C=O) groups is 1. The largest absolute Gasteiger partial charge is 0.483 e. The molecule has 11 heteroatoms. The van der Waals surface area contributed by atoms with Gasteiger partial charge in [0.05, 0.1) is 31.5 Å².